The molecule has 82 valence electrons. The summed E-state index contributed by atoms with van der Waals surface area (Å²) in [4.78, 5) is 6.72. The first-order valence-electron chi connectivity index (χ1n) is 4.62. The number of aromatic nitrogens is 1. The molecule has 2 N–H and O–H groups in total. The van der Waals surface area contributed by atoms with Crippen LogP contribution in [0.1, 0.15) is 6.92 Å². The number of pyridine rings is 1. The van der Waals surface area contributed by atoms with E-state index in [-0.39, 0.29) is 5.92 Å². The number of thiocarbonyl (C=S) groups is 1. The van der Waals surface area contributed by atoms with Gasteiger partial charge in [-0.05, 0) is 12.1 Å². The average Bonchev–Trinajstić information content (AvgIpc) is 2.18. The van der Waals surface area contributed by atoms with Crippen LogP contribution in [0.4, 0.5) is 5.82 Å². The van der Waals surface area contributed by atoms with Gasteiger partial charge in [0, 0.05) is 25.7 Å². The monoisotopic (exact) mass is 243 g/mol. The molecular formula is C10H14ClN3S. The van der Waals surface area contributed by atoms with E-state index in [2.05, 4.69) is 4.98 Å². The standard InChI is InChI=1S/C10H14ClN3S/c1-7(10(12)15)6-14(2)9-4-3-8(11)5-13-9/h3-5,7H,6H2,1-2H3,(H2,12,15). The maximum absolute atomic E-state index is 5.75. The number of nitrogens with zero attached hydrogens (tertiary/aromatic N) is 2. The Kier molecular flexibility index (Phi) is 4.29. The normalized spacial score (nSPS) is 12.2. The molecule has 3 nitrogen and oxygen atoms in total. The van der Waals surface area contributed by atoms with Gasteiger partial charge in [0.25, 0.3) is 0 Å². The Labute approximate surface area is 100 Å². The van der Waals surface area contributed by atoms with Crippen molar-refractivity contribution in [1.29, 1.82) is 0 Å². The molecular weight excluding hydrogens is 230 g/mol. The molecule has 0 aliphatic carbocycles. The van der Waals surface area contributed by atoms with E-state index in [1.54, 1.807) is 6.20 Å². The third-order valence-corrected chi connectivity index (χ3v) is 2.76. The molecule has 0 fully saturated rings. The summed E-state index contributed by atoms with van der Waals surface area (Å²) in [6.07, 6.45) is 1.62. The number of nitrogens with two attached hydrogens (primary N) is 1. The molecule has 1 rings (SSSR count). The molecule has 0 radical (unpaired) electrons. The molecule has 1 aromatic heterocycles. The predicted molar refractivity (Wildman–Crippen MR) is 68.5 cm³/mol. The Bertz CT molecular complexity index is 339. The minimum Gasteiger partial charge on any atom is -0.393 e. The molecule has 1 heterocycles. The van der Waals surface area contributed by atoms with E-state index in [1.807, 2.05) is 31.0 Å². The number of anilines is 1. The zero-order valence-corrected chi connectivity index (χ0v) is 10.3. The van der Waals surface area contributed by atoms with Crippen LogP contribution >= 0.6 is 23.8 Å². The molecule has 0 bridgehead atoms. The molecule has 0 saturated carbocycles. The summed E-state index contributed by atoms with van der Waals surface area (Å²) in [5.74, 6) is 1.03. The minimum absolute atomic E-state index is 0.169. The Morgan fingerprint density at radius 1 is 1.67 bits per heavy atom. The molecule has 0 aliphatic heterocycles. The van der Waals surface area contributed by atoms with Gasteiger partial charge >= 0.3 is 0 Å². The van der Waals surface area contributed by atoms with Crippen LogP contribution in [-0.4, -0.2) is 23.6 Å². The lowest BCUT2D eigenvalue weighted by Crippen LogP contribution is -2.31. The summed E-state index contributed by atoms with van der Waals surface area (Å²) >= 11 is 10.7. The van der Waals surface area contributed by atoms with Gasteiger partial charge in [-0.15, -0.1) is 0 Å². The summed E-state index contributed by atoms with van der Waals surface area (Å²) < 4.78 is 0. The van der Waals surface area contributed by atoms with E-state index in [9.17, 15) is 0 Å². The molecule has 15 heavy (non-hydrogen) atoms. The van der Waals surface area contributed by atoms with Gasteiger partial charge in [-0.25, -0.2) is 4.98 Å². The van der Waals surface area contributed by atoms with Crippen LogP contribution in [-0.2, 0) is 0 Å². The van der Waals surface area contributed by atoms with E-state index in [1.165, 1.54) is 0 Å². The van der Waals surface area contributed by atoms with Crippen LogP contribution in [0.2, 0.25) is 5.02 Å². The summed E-state index contributed by atoms with van der Waals surface area (Å²) in [6, 6.07) is 3.68. The van der Waals surface area contributed by atoms with E-state index < -0.39 is 0 Å². The molecule has 0 aromatic carbocycles. The smallest absolute Gasteiger partial charge is 0.128 e. The molecule has 1 aromatic rings. The number of hydrogen-bond acceptors (Lipinski definition) is 3. The van der Waals surface area contributed by atoms with Crippen molar-refractivity contribution >= 4 is 34.6 Å². The minimum atomic E-state index is 0.169. The topological polar surface area (TPSA) is 42.2 Å². The maximum Gasteiger partial charge on any atom is 0.128 e. The Hall–Kier alpha value is -0.870. The van der Waals surface area contributed by atoms with Crippen molar-refractivity contribution in [1.82, 2.24) is 4.98 Å². The highest BCUT2D eigenvalue weighted by atomic mass is 35.5. The van der Waals surface area contributed by atoms with Gasteiger partial charge in [-0.2, -0.15) is 0 Å². The van der Waals surface area contributed by atoms with Gasteiger partial charge < -0.3 is 10.6 Å². The van der Waals surface area contributed by atoms with Crippen LogP contribution in [0.3, 0.4) is 0 Å². The average molecular weight is 244 g/mol. The molecule has 0 aliphatic rings. The van der Waals surface area contributed by atoms with Gasteiger partial charge in [0.15, 0.2) is 0 Å². The summed E-state index contributed by atoms with van der Waals surface area (Å²) in [6.45, 7) is 2.75. The van der Waals surface area contributed by atoms with Gasteiger partial charge in [0.2, 0.25) is 0 Å². The van der Waals surface area contributed by atoms with Crippen LogP contribution in [0.5, 0.6) is 0 Å². The highest BCUT2D eigenvalue weighted by Crippen LogP contribution is 2.14. The van der Waals surface area contributed by atoms with Crippen LogP contribution in [0.25, 0.3) is 0 Å². The van der Waals surface area contributed by atoms with Crippen LogP contribution < -0.4 is 10.6 Å². The van der Waals surface area contributed by atoms with E-state index >= 15 is 0 Å². The van der Waals surface area contributed by atoms with Crippen molar-refractivity contribution in [2.45, 2.75) is 6.92 Å². The maximum atomic E-state index is 5.75. The second kappa shape index (κ2) is 5.28. The summed E-state index contributed by atoms with van der Waals surface area (Å²) in [5.41, 5.74) is 5.55. The largest absolute Gasteiger partial charge is 0.393 e. The second-order valence-electron chi connectivity index (χ2n) is 3.52. The fraction of sp³-hybridized carbons (Fsp3) is 0.400. The zero-order valence-electron chi connectivity index (χ0n) is 8.77. The summed E-state index contributed by atoms with van der Waals surface area (Å²) in [5, 5.41) is 0.634. The lowest BCUT2D eigenvalue weighted by Gasteiger charge is -2.21. The molecule has 0 spiro atoms. The van der Waals surface area contributed by atoms with Crippen molar-refractivity contribution in [3.05, 3.63) is 23.4 Å². The predicted octanol–water partition coefficient (Wildman–Crippen LogP) is 2.09. The third kappa shape index (κ3) is 3.64. The first-order chi connectivity index (χ1) is 7.00. The fourth-order valence-corrected chi connectivity index (χ4v) is 1.37. The van der Waals surface area contributed by atoms with Crippen molar-refractivity contribution < 1.29 is 0 Å². The van der Waals surface area contributed by atoms with Crippen molar-refractivity contribution in [2.75, 3.05) is 18.5 Å². The first-order valence-corrected chi connectivity index (χ1v) is 5.41. The lowest BCUT2D eigenvalue weighted by molar-refractivity contribution is 0.735. The van der Waals surface area contributed by atoms with Crippen molar-refractivity contribution in [3.63, 3.8) is 0 Å². The molecule has 5 heteroatoms. The zero-order chi connectivity index (χ0) is 11.4. The number of hydrogen-bond donors (Lipinski definition) is 1. The lowest BCUT2D eigenvalue weighted by atomic mass is 10.2. The molecule has 1 atom stereocenters. The van der Waals surface area contributed by atoms with Crippen LogP contribution in [0, 0.1) is 5.92 Å². The fourth-order valence-electron chi connectivity index (χ4n) is 1.19. The number of rotatable bonds is 4. The van der Waals surface area contributed by atoms with Gasteiger partial charge in [0.05, 0.1) is 10.0 Å². The second-order valence-corrected chi connectivity index (χ2v) is 4.43. The van der Waals surface area contributed by atoms with E-state index in [0.717, 1.165) is 12.4 Å². The Morgan fingerprint density at radius 3 is 2.80 bits per heavy atom. The van der Waals surface area contributed by atoms with Gasteiger partial charge in [-0.3, -0.25) is 0 Å². The SMILES string of the molecule is CC(CN(C)c1ccc(Cl)cn1)C(N)=S. The van der Waals surface area contributed by atoms with Crippen molar-refractivity contribution in [2.24, 2.45) is 11.7 Å². The molecule has 1 unspecified atom stereocenters. The third-order valence-electron chi connectivity index (χ3n) is 2.14. The van der Waals surface area contributed by atoms with E-state index in [4.69, 9.17) is 29.6 Å². The van der Waals surface area contributed by atoms with Gasteiger partial charge in [-0.1, -0.05) is 30.7 Å². The Morgan fingerprint density at radius 2 is 2.33 bits per heavy atom. The summed E-state index contributed by atoms with van der Waals surface area (Å²) in [7, 11) is 1.95. The number of halogens is 1. The first kappa shape index (κ1) is 12.2. The van der Waals surface area contributed by atoms with Crippen LogP contribution in [0.15, 0.2) is 18.3 Å². The quantitative estimate of drug-likeness (QED) is 0.823. The van der Waals surface area contributed by atoms with Crippen molar-refractivity contribution in [3.8, 4) is 0 Å². The molecule has 0 amide bonds. The molecule has 0 saturated heterocycles. The Balaban J connectivity index is 2.64. The van der Waals surface area contributed by atoms with E-state index in [0.29, 0.717) is 10.0 Å². The highest BCUT2D eigenvalue weighted by molar-refractivity contribution is 7.80. The van der Waals surface area contributed by atoms with Gasteiger partial charge in [0.1, 0.15) is 5.82 Å². The highest BCUT2D eigenvalue weighted by Gasteiger charge is 2.09.